The molecular formula is C24H18N4O5. The Bertz CT molecular complexity index is 1370. The lowest BCUT2D eigenvalue weighted by Gasteiger charge is -2.36. The van der Waals surface area contributed by atoms with Crippen molar-refractivity contribution in [3.05, 3.63) is 82.4 Å². The van der Waals surface area contributed by atoms with Gasteiger partial charge in [0.05, 0.1) is 16.0 Å². The molecule has 3 aliphatic rings. The van der Waals surface area contributed by atoms with Gasteiger partial charge in [-0.1, -0.05) is 48.5 Å². The first kappa shape index (κ1) is 19.6. The molecule has 164 valence electrons. The van der Waals surface area contributed by atoms with Gasteiger partial charge in [0, 0.05) is 29.6 Å². The van der Waals surface area contributed by atoms with E-state index in [2.05, 4.69) is 5.32 Å². The second kappa shape index (κ2) is 6.69. The van der Waals surface area contributed by atoms with Crippen molar-refractivity contribution >= 4 is 39.9 Å². The number of anilines is 1. The summed E-state index contributed by atoms with van der Waals surface area (Å²) >= 11 is 0. The van der Waals surface area contributed by atoms with Crippen molar-refractivity contribution < 1.29 is 19.3 Å². The van der Waals surface area contributed by atoms with Crippen LogP contribution in [0.25, 0.3) is 10.8 Å². The van der Waals surface area contributed by atoms with E-state index in [9.17, 15) is 24.5 Å². The molecule has 0 spiro atoms. The highest BCUT2D eigenvalue weighted by molar-refractivity contribution is 6.27. The summed E-state index contributed by atoms with van der Waals surface area (Å²) < 4.78 is 0. The van der Waals surface area contributed by atoms with Crippen LogP contribution in [-0.2, 0) is 4.79 Å². The third kappa shape index (κ3) is 2.48. The molecule has 3 saturated heterocycles. The number of urea groups is 1. The summed E-state index contributed by atoms with van der Waals surface area (Å²) in [5, 5.41) is 15.5. The average molecular weight is 442 g/mol. The highest BCUT2D eigenvalue weighted by Crippen LogP contribution is 2.47. The summed E-state index contributed by atoms with van der Waals surface area (Å²) in [4.78, 5) is 54.3. The van der Waals surface area contributed by atoms with E-state index in [-0.39, 0.29) is 29.7 Å². The number of hydrogen-bond acceptors (Lipinski definition) is 6. The molecule has 3 fully saturated rings. The number of hydrogen-bond donors (Lipinski definition) is 1. The summed E-state index contributed by atoms with van der Waals surface area (Å²) in [7, 11) is 0. The van der Waals surface area contributed by atoms with E-state index in [0.717, 1.165) is 4.90 Å². The van der Waals surface area contributed by atoms with E-state index < -0.39 is 28.4 Å². The Morgan fingerprint density at radius 3 is 2.42 bits per heavy atom. The largest absolute Gasteiger partial charge is 0.333 e. The van der Waals surface area contributed by atoms with Gasteiger partial charge in [-0.3, -0.25) is 24.6 Å². The number of nitro groups is 1. The standard InChI is InChI=1S/C24H18N4O5/c29-21(14-6-2-1-3-7-14)24-12-17(25-13-24)20-22(30)26(23(31)27(20)24)18-10-11-19(28(32)33)16-9-5-4-8-15(16)18/h1-11,17,20,25H,12-13H2. The summed E-state index contributed by atoms with van der Waals surface area (Å²) in [6.45, 7) is 0.274. The second-order valence-electron chi connectivity index (χ2n) is 8.60. The van der Waals surface area contributed by atoms with Crippen molar-refractivity contribution in [2.24, 2.45) is 0 Å². The fraction of sp³-hybridized carbons (Fsp3) is 0.208. The number of non-ortho nitro benzene ring substituents is 1. The first-order chi connectivity index (χ1) is 15.9. The quantitative estimate of drug-likeness (QED) is 0.288. The van der Waals surface area contributed by atoms with Crippen molar-refractivity contribution in [1.82, 2.24) is 10.2 Å². The van der Waals surface area contributed by atoms with E-state index in [1.807, 2.05) is 6.07 Å². The molecule has 33 heavy (non-hydrogen) atoms. The number of benzene rings is 3. The fourth-order valence-electron chi connectivity index (χ4n) is 5.56. The van der Waals surface area contributed by atoms with Crippen LogP contribution in [0.1, 0.15) is 16.8 Å². The van der Waals surface area contributed by atoms with Crippen LogP contribution in [0.3, 0.4) is 0 Å². The predicted molar refractivity (Wildman–Crippen MR) is 119 cm³/mol. The van der Waals surface area contributed by atoms with E-state index in [1.54, 1.807) is 48.5 Å². The van der Waals surface area contributed by atoms with Gasteiger partial charge in [0.25, 0.3) is 11.6 Å². The van der Waals surface area contributed by atoms with Crippen LogP contribution in [-0.4, -0.2) is 51.7 Å². The lowest BCUT2D eigenvalue weighted by molar-refractivity contribution is -0.383. The maximum Gasteiger partial charge on any atom is 0.333 e. The molecule has 0 aliphatic carbocycles. The number of piperazine rings is 1. The van der Waals surface area contributed by atoms with Gasteiger partial charge >= 0.3 is 6.03 Å². The van der Waals surface area contributed by atoms with Gasteiger partial charge in [0.15, 0.2) is 5.78 Å². The van der Waals surface area contributed by atoms with Crippen molar-refractivity contribution in [3.63, 3.8) is 0 Å². The van der Waals surface area contributed by atoms with E-state index >= 15 is 0 Å². The Morgan fingerprint density at radius 1 is 1.00 bits per heavy atom. The molecule has 3 amide bonds. The first-order valence-corrected chi connectivity index (χ1v) is 10.6. The summed E-state index contributed by atoms with van der Waals surface area (Å²) in [6, 6.07) is 16.4. The number of amides is 3. The molecule has 3 aromatic rings. The molecule has 3 aliphatic heterocycles. The van der Waals surface area contributed by atoms with Gasteiger partial charge < -0.3 is 5.32 Å². The molecule has 9 heteroatoms. The van der Waals surface area contributed by atoms with Crippen molar-refractivity contribution in [3.8, 4) is 0 Å². The monoisotopic (exact) mass is 442 g/mol. The molecule has 2 bridgehead atoms. The zero-order valence-corrected chi connectivity index (χ0v) is 17.3. The number of Topliss-reactive ketones (excluding diaryl/α,β-unsaturated/α-hetero) is 1. The zero-order chi connectivity index (χ0) is 22.9. The minimum atomic E-state index is -1.14. The first-order valence-electron chi connectivity index (χ1n) is 10.6. The maximum absolute atomic E-state index is 13.7. The predicted octanol–water partition coefficient (Wildman–Crippen LogP) is 2.88. The molecular weight excluding hydrogens is 424 g/mol. The highest BCUT2D eigenvalue weighted by atomic mass is 16.6. The molecule has 3 atom stereocenters. The van der Waals surface area contributed by atoms with Crippen molar-refractivity contribution in [2.45, 2.75) is 24.0 Å². The summed E-state index contributed by atoms with van der Waals surface area (Å²) in [5.74, 6) is -0.629. The van der Waals surface area contributed by atoms with Gasteiger partial charge in [-0.2, -0.15) is 0 Å². The van der Waals surface area contributed by atoms with E-state index in [1.165, 1.54) is 17.0 Å². The van der Waals surface area contributed by atoms with Gasteiger partial charge in [0.2, 0.25) is 0 Å². The number of imide groups is 1. The molecule has 3 aromatic carbocycles. The number of nitrogens with one attached hydrogen (secondary N) is 1. The van der Waals surface area contributed by atoms with Crippen LogP contribution < -0.4 is 10.2 Å². The van der Waals surface area contributed by atoms with Gasteiger partial charge in [-0.05, 0) is 18.6 Å². The Labute approximate surface area is 187 Å². The normalized spacial score (nSPS) is 25.7. The molecule has 9 nitrogen and oxygen atoms in total. The van der Waals surface area contributed by atoms with Crippen LogP contribution in [0.2, 0.25) is 0 Å². The Morgan fingerprint density at radius 2 is 1.70 bits per heavy atom. The highest BCUT2D eigenvalue weighted by Gasteiger charge is 2.69. The van der Waals surface area contributed by atoms with Crippen LogP contribution in [0.15, 0.2) is 66.7 Å². The second-order valence-corrected chi connectivity index (χ2v) is 8.60. The molecule has 0 saturated carbocycles. The van der Waals surface area contributed by atoms with Crippen LogP contribution in [0, 0.1) is 10.1 Å². The Hall–Kier alpha value is -4.11. The van der Waals surface area contributed by atoms with Gasteiger partial charge in [-0.15, -0.1) is 0 Å². The minimum Gasteiger partial charge on any atom is -0.308 e. The Balaban J connectivity index is 1.47. The lowest BCUT2D eigenvalue weighted by Crippen LogP contribution is -2.61. The van der Waals surface area contributed by atoms with Gasteiger partial charge in [-0.25, -0.2) is 9.69 Å². The summed E-state index contributed by atoms with van der Waals surface area (Å²) in [5.41, 5.74) is -0.483. The van der Waals surface area contributed by atoms with Crippen molar-refractivity contribution in [2.75, 3.05) is 11.4 Å². The number of carbonyl (C=O) groups is 3. The zero-order valence-electron chi connectivity index (χ0n) is 17.3. The summed E-state index contributed by atoms with van der Waals surface area (Å²) in [6.07, 6.45) is 0.373. The minimum absolute atomic E-state index is 0.105. The van der Waals surface area contributed by atoms with E-state index in [4.69, 9.17) is 0 Å². The van der Waals surface area contributed by atoms with Crippen LogP contribution in [0.5, 0.6) is 0 Å². The van der Waals surface area contributed by atoms with E-state index in [0.29, 0.717) is 22.8 Å². The fourth-order valence-corrected chi connectivity index (χ4v) is 5.56. The number of rotatable bonds is 4. The molecule has 6 rings (SSSR count). The molecule has 0 aromatic heterocycles. The third-order valence-corrected chi connectivity index (χ3v) is 6.98. The van der Waals surface area contributed by atoms with Gasteiger partial charge in [0.1, 0.15) is 11.6 Å². The SMILES string of the molecule is O=C1C2C3CC(C(=O)c4ccccc4)(CN3)N2C(=O)N1c1ccc([N+](=O)[O-])c2ccccc12. The number of nitrogens with zero attached hydrogens (tertiary/aromatic N) is 3. The lowest BCUT2D eigenvalue weighted by atomic mass is 9.88. The third-order valence-electron chi connectivity index (χ3n) is 6.98. The van der Waals surface area contributed by atoms with Crippen LogP contribution >= 0.6 is 0 Å². The van der Waals surface area contributed by atoms with Crippen LogP contribution in [0.4, 0.5) is 16.2 Å². The number of ketones is 1. The molecule has 3 heterocycles. The number of fused-ring (bicyclic) bond motifs is 6. The van der Waals surface area contributed by atoms with Crippen molar-refractivity contribution in [1.29, 1.82) is 0 Å². The topological polar surface area (TPSA) is 113 Å². The molecule has 0 radical (unpaired) electrons. The smallest absolute Gasteiger partial charge is 0.308 e. The molecule has 3 unspecified atom stereocenters. The number of carbonyl (C=O) groups excluding carboxylic acids is 3. The Kier molecular flexibility index (Phi) is 3.97. The molecule has 1 N–H and O–H groups in total. The average Bonchev–Trinajstić information content (AvgIpc) is 3.49. The maximum atomic E-state index is 13.7. The number of nitro benzene ring substituents is 1.